The summed E-state index contributed by atoms with van der Waals surface area (Å²) in [6.45, 7) is 2.59. The second kappa shape index (κ2) is 8.31. The van der Waals surface area contributed by atoms with E-state index < -0.39 is 11.0 Å². The SMILES string of the molecule is CCCCNC(=O)Oc1ccc(C=C[N+](=O)[O-])cc1Br. The summed E-state index contributed by atoms with van der Waals surface area (Å²) >= 11 is 3.26. The number of hydrogen-bond acceptors (Lipinski definition) is 4. The van der Waals surface area contributed by atoms with Gasteiger partial charge < -0.3 is 10.1 Å². The monoisotopic (exact) mass is 342 g/mol. The van der Waals surface area contributed by atoms with Crippen molar-refractivity contribution < 1.29 is 14.5 Å². The van der Waals surface area contributed by atoms with Crippen molar-refractivity contribution in [3.63, 3.8) is 0 Å². The van der Waals surface area contributed by atoms with Gasteiger partial charge in [-0.1, -0.05) is 19.4 Å². The Morgan fingerprint density at radius 3 is 2.90 bits per heavy atom. The van der Waals surface area contributed by atoms with Crippen LogP contribution in [0.5, 0.6) is 5.75 Å². The van der Waals surface area contributed by atoms with Crippen molar-refractivity contribution >= 4 is 28.1 Å². The van der Waals surface area contributed by atoms with Crippen molar-refractivity contribution in [1.29, 1.82) is 0 Å². The van der Waals surface area contributed by atoms with E-state index in [0.717, 1.165) is 19.0 Å². The van der Waals surface area contributed by atoms with E-state index in [9.17, 15) is 14.9 Å². The molecule has 0 aliphatic heterocycles. The topological polar surface area (TPSA) is 81.5 Å². The second-order valence-electron chi connectivity index (χ2n) is 3.96. The van der Waals surface area contributed by atoms with Crippen LogP contribution in [0.2, 0.25) is 0 Å². The Morgan fingerprint density at radius 1 is 1.55 bits per heavy atom. The number of rotatable bonds is 6. The van der Waals surface area contributed by atoms with Crippen LogP contribution in [0.3, 0.4) is 0 Å². The summed E-state index contributed by atoms with van der Waals surface area (Å²) in [5.74, 6) is 0.359. The molecule has 0 atom stereocenters. The maximum atomic E-state index is 11.5. The maximum Gasteiger partial charge on any atom is 0.412 e. The van der Waals surface area contributed by atoms with Crippen LogP contribution >= 0.6 is 15.9 Å². The number of halogens is 1. The molecule has 0 fully saturated rings. The highest BCUT2D eigenvalue weighted by molar-refractivity contribution is 9.10. The molecule has 0 unspecified atom stereocenters. The zero-order valence-corrected chi connectivity index (χ0v) is 12.6. The summed E-state index contributed by atoms with van der Waals surface area (Å²) in [4.78, 5) is 21.2. The molecule has 0 spiro atoms. The van der Waals surface area contributed by atoms with Gasteiger partial charge in [-0.25, -0.2) is 4.79 Å². The number of benzene rings is 1. The van der Waals surface area contributed by atoms with Gasteiger partial charge in [-0.3, -0.25) is 10.1 Å². The third kappa shape index (κ3) is 5.83. The van der Waals surface area contributed by atoms with E-state index in [-0.39, 0.29) is 0 Å². The van der Waals surface area contributed by atoms with Crippen LogP contribution in [0.25, 0.3) is 6.08 Å². The fourth-order valence-electron chi connectivity index (χ4n) is 1.35. The number of carbonyl (C=O) groups excluding carboxylic acids is 1. The van der Waals surface area contributed by atoms with E-state index in [0.29, 0.717) is 22.3 Å². The van der Waals surface area contributed by atoms with E-state index >= 15 is 0 Å². The molecule has 108 valence electrons. The van der Waals surface area contributed by atoms with Gasteiger partial charge in [-0.05, 0) is 40.0 Å². The highest BCUT2D eigenvalue weighted by atomic mass is 79.9. The minimum atomic E-state index is -0.542. The average Bonchev–Trinajstić information content (AvgIpc) is 2.39. The summed E-state index contributed by atoms with van der Waals surface area (Å²) in [5.41, 5.74) is 0.632. The molecule has 0 aliphatic rings. The van der Waals surface area contributed by atoms with Gasteiger partial charge in [0.2, 0.25) is 6.20 Å². The predicted molar refractivity (Wildman–Crippen MR) is 79.1 cm³/mol. The normalized spacial score (nSPS) is 10.5. The van der Waals surface area contributed by atoms with Gasteiger partial charge in [0.25, 0.3) is 0 Å². The molecule has 0 radical (unpaired) electrons. The molecule has 7 heteroatoms. The standard InChI is InChI=1S/C13H15BrN2O4/c1-2-3-7-15-13(17)20-12-5-4-10(9-11(12)14)6-8-16(18)19/h4-6,8-9H,2-3,7H2,1H3,(H,15,17). The molecule has 1 rings (SSSR count). The van der Waals surface area contributed by atoms with Gasteiger partial charge in [-0.15, -0.1) is 0 Å². The number of carbonyl (C=O) groups is 1. The number of nitrogens with zero attached hydrogens (tertiary/aromatic N) is 1. The number of nitro groups is 1. The van der Waals surface area contributed by atoms with E-state index in [1.165, 1.54) is 6.08 Å². The number of unbranched alkanes of at least 4 members (excludes halogenated alkanes) is 1. The Kier molecular flexibility index (Phi) is 6.72. The van der Waals surface area contributed by atoms with Crippen molar-refractivity contribution in [1.82, 2.24) is 5.32 Å². The van der Waals surface area contributed by atoms with Crippen molar-refractivity contribution in [3.05, 3.63) is 44.5 Å². The van der Waals surface area contributed by atoms with Crippen molar-refractivity contribution in [2.45, 2.75) is 19.8 Å². The fraction of sp³-hybridized carbons (Fsp3) is 0.308. The molecule has 1 aromatic carbocycles. The first kappa shape index (κ1) is 16.2. The Balaban J connectivity index is 2.64. The predicted octanol–water partition coefficient (Wildman–Crippen LogP) is 3.59. The lowest BCUT2D eigenvalue weighted by atomic mass is 10.2. The Bertz CT molecular complexity index is 517. The molecular weight excluding hydrogens is 328 g/mol. The van der Waals surface area contributed by atoms with Crippen LogP contribution in [0.1, 0.15) is 25.3 Å². The number of nitrogens with one attached hydrogen (secondary N) is 1. The van der Waals surface area contributed by atoms with Gasteiger partial charge in [0, 0.05) is 12.6 Å². The third-order valence-electron chi connectivity index (χ3n) is 2.35. The number of ether oxygens (including phenoxy) is 1. The Hall–Kier alpha value is -1.89. The van der Waals surface area contributed by atoms with Crippen molar-refractivity contribution in [3.8, 4) is 5.75 Å². The van der Waals surface area contributed by atoms with Gasteiger partial charge in [0.05, 0.1) is 9.40 Å². The second-order valence-corrected chi connectivity index (χ2v) is 4.82. The summed E-state index contributed by atoms with van der Waals surface area (Å²) < 4.78 is 5.67. The average molecular weight is 343 g/mol. The molecule has 20 heavy (non-hydrogen) atoms. The molecule has 0 saturated carbocycles. The van der Waals surface area contributed by atoms with Crippen molar-refractivity contribution in [2.24, 2.45) is 0 Å². The Morgan fingerprint density at radius 2 is 2.30 bits per heavy atom. The van der Waals surface area contributed by atoms with Crippen LogP contribution < -0.4 is 10.1 Å². The molecule has 1 aromatic rings. The largest absolute Gasteiger partial charge is 0.412 e. The van der Waals surface area contributed by atoms with Gasteiger partial charge >= 0.3 is 6.09 Å². The maximum absolute atomic E-state index is 11.5. The Labute approximate surface area is 125 Å². The summed E-state index contributed by atoms with van der Waals surface area (Å²) in [6, 6.07) is 4.83. The van der Waals surface area contributed by atoms with Crippen LogP contribution in [0, 0.1) is 10.1 Å². The summed E-state index contributed by atoms with van der Waals surface area (Å²) in [5, 5.41) is 12.9. The van der Waals surface area contributed by atoms with Crippen LogP contribution in [0.4, 0.5) is 4.79 Å². The summed E-state index contributed by atoms with van der Waals surface area (Å²) in [7, 11) is 0. The molecule has 1 N–H and O–H groups in total. The van der Waals surface area contributed by atoms with E-state index in [4.69, 9.17) is 4.74 Å². The lowest BCUT2D eigenvalue weighted by Gasteiger charge is -2.08. The van der Waals surface area contributed by atoms with E-state index in [2.05, 4.69) is 21.2 Å². The van der Waals surface area contributed by atoms with E-state index in [1.807, 2.05) is 6.92 Å². The fourth-order valence-corrected chi connectivity index (χ4v) is 1.83. The van der Waals surface area contributed by atoms with Gasteiger partial charge in [0.15, 0.2) is 0 Å². The third-order valence-corrected chi connectivity index (χ3v) is 2.97. The van der Waals surface area contributed by atoms with Gasteiger partial charge in [-0.2, -0.15) is 0 Å². The lowest BCUT2D eigenvalue weighted by Crippen LogP contribution is -2.27. The molecule has 1 amide bonds. The van der Waals surface area contributed by atoms with Crippen LogP contribution in [-0.4, -0.2) is 17.6 Å². The van der Waals surface area contributed by atoms with Gasteiger partial charge in [0.1, 0.15) is 5.75 Å². The molecule has 0 heterocycles. The molecule has 0 saturated heterocycles. The smallest absolute Gasteiger partial charge is 0.409 e. The minimum Gasteiger partial charge on any atom is -0.409 e. The first-order valence-electron chi connectivity index (χ1n) is 6.10. The van der Waals surface area contributed by atoms with E-state index in [1.54, 1.807) is 18.2 Å². The number of amides is 1. The molecular formula is C13H15BrN2O4. The zero-order valence-electron chi connectivity index (χ0n) is 11.0. The highest BCUT2D eigenvalue weighted by Gasteiger charge is 2.07. The molecule has 0 aliphatic carbocycles. The first-order valence-corrected chi connectivity index (χ1v) is 6.89. The zero-order chi connectivity index (χ0) is 15.0. The van der Waals surface area contributed by atoms with Crippen molar-refractivity contribution in [2.75, 3.05) is 6.54 Å². The highest BCUT2D eigenvalue weighted by Crippen LogP contribution is 2.26. The quantitative estimate of drug-likeness (QED) is 0.486. The lowest BCUT2D eigenvalue weighted by molar-refractivity contribution is -0.400. The molecule has 0 bridgehead atoms. The van der Waals surface area contributed by atoms with Crippen LogP contribution in [-0.2, 0) is 0 Å². The minimum absolute atomic E-state index is 0.359. The summed E-state index contributed by atoms with van der Waals surface area (Å²) in [6.07, 6.45) is 3.56. The molecule has 6 nitrogen and oxygen atoms in total. The van der Waals surface area contributed by atoms with Crippen LogP contribution in [0.15, 0.2) is 28.9 Å². The first-order chi connectivity index (χ1) is 9.52. The number of hydrogen-bond donors (Lipinski definition) is 1. The molecule has 0 aromatic heterocycles.